The van der Waals surface area contributed by atoms with E-state index in [0.717, 1.165) is 19.6 Å². The quantitative estimate of drug-likeness (QED) is 0.615. The molecule has 2 nitrogen and oxygen atoms in total. The van der Waals surface area contributed by atoms with E-state index < -0.39 is 0 Å². The number of hydrogen-bond donors (Lipinski definition) is 1. The van der Waals surface area contributed by atoms with Gasteiger partial charge in [-0.25, -0.2) is 0 Å². The molecule has 0 heterocycles. The van der Waals surface area contributed by atoms with Crippen LogP contribution in [0.15, 0.2) is 0 Å². The van der Waals surface area contributed by atoms with Crippen molar-refractivity contribution in [1.29, 1.82) is 0 Å². The van der Waals surface area contributed by atoms with Crippen LogP contribution in [0.5, 0.6) is 0 Å². The first-order chi connectivity index (χ1) is 4.77. The van der Waals surface area contributed by atoms with Gasteiger partial charge in [0.25, 0.3) is 0 Å². The average Bonchev–Trinajstić information content (AvgIpc) is 1.92. The standard InChI is InChI=1S/C6H15NO.C2H6/c1-6(2)8-5-3-4-7;1-2/h6H,3-5,7H2,1-2H3;1-2H3. The molecular formula is C8H21NO. The molecule has 0 atom stereocenters. The van der Waals surface area contributed by atoms with E-state index in [0.29, 0.717) is 6.10 Å². The molecule has 0 aliphatic rings. The maximum absolute atomic E-state index is 5.23. The molecule has 0 radical (unpaired) electrons. The molecular weight excluding hydrogens is 126 g/mol. The monoisotopic (exact) mass is 147 g/mol. The summed E-state index contributed by atoms with van der Waals surface area (Å²) >= 11 is 0. The first kappa shape index (κ1) is 12.6. The molecule has 0 aromatic heterocycles. The molecule has 0 aromatic carbocycles. The summed E-state index contributed by atoms with van der Waals surface area (Å²) < 4.78 is 5.20. The van der Waals surface area contributed by atoms with Crippen molar-refractivity contribution in [3.8, 4) is 0 Å². The maximum atomic E-state index is 5.23. The van der Waals surface area contributed by atoms with Crippen molar-refractivity contribution in [3.05, 3.63) is 0 Å². The third-order valence-electron chi connectivity index (χ3n) is 0.800. The summed E-state index contributed by atoms with van der Waals surface area (Å²) in [6.07, 6.45) is 1.32. The smallest absolute Gasteiger partial charge is 0.0518 e. The summed E-state index contributed by atoms with van der Waals surface area (Å²) in [5.41, 5.74) is 5.23. The second kappa shape index (κ2) is 11.7. The van der Waals surface area contributed by atoms with Crippen LogP contribution < -0.4 is 5.73 Å². The van der Waals surface area contributed by atoms with Gasteiger partial charge in [-0.3, -0.25) is 0 Å². The highest BCUT2D eigenvalue weighted by atomic mass is 16.5. The van der Waals surface area contributed by atoms with Gasteiger partial charge in [0.05, 0.1) is 6.10 Å². The molecule has 0 unspecified atom stereocenters. The summed E-state index contributed by atoms with van der Waals surface area (Å²) in [5, 5.41) is 0. The molecule has 0 aliphatic carbocycles. The van der Waals surface area contributed by atoms with Crippen LogP contribution in [-0.4, -0.2) is 19.3 Å². The largest absolute Gasteiger partial charge is 0.379 e. The molecule has 0 spiro atoms. The zero-order valence-corrected chi connectivity index (χ0v) is 7.68. The van der Waals surface area contributed by atoms with Crippen LogP contribution in [0.1, 0.15) is 34.1 Å². The van der Waals surface area contributed by atoms with Gasteiger partial charge in [-0.05, 0) is 26.8 Å². The van der Waals surface area contributed by atoms with Gasteiger partial charge < -0.3 is 10.5 Å². The molecule has 0 bridgehead atoms. The average molecular weight is 147 g/mol. The van der Waals surface area contributed by atoms with Gasteiger partial charge in [-0.1, -0.05) is 13.8 Å². The third-order valence-corrected chi connectivity index (χ3v) is 0.800. The molecule has 0 saturated carbocycles. The van der Waals surface area contributed by atoms with Gasteiger partial charge in [0.2, 0.25) is 0 Å². The molecule has 2 N–H and O–H groups in total. The van der Waals surface area contributed by atoms with E-state index in [2.05, 4.69) is 0 Å². The molecule has 0 aliphatic heterocycles. The summed E-state index contributed by atoms with van der Waals surface area (Å²) in [6, 6.07) is 0. The van der Waals surface area contributed by atoms with Gasteiger partial charge in [0.1, 0.15) is 0 Å². The molecule has 0 aromatic rings. The zero-order valence-electron chi connectivity index (χ0n) is 7.68. The number of ether oxygens (including phenoxy) is 1. The lowest BCUT2D eigenvalue weighted by Crippen LogP contribution is -2.08. The molecule has 64 valence electrons. The molecule has 0 saturated heterocycles. The van der Waals surface area contributed by atoms with E-state index in [1.807, 2.05) is 27.7 Å². The van der Waals surface area contributed by atoms with Crippen molar-refractivity contribution < 1.29 is 4.74 Å². The van der Waals surface area contributed by atoms with E-state index in [-0.39, 0.29) is 0 Å². The fourth-order valence-electron chi connectivity index (χ4n) is 0.402. The Bertz CT molecular complexity index is 46.5. The van der Waals surface area contributed by atoms with Crippen molar-refractivity contribution in [3.63, 3.8) is 0 Å². The van der Waals surface area contributed by atoms with E-state index in [9.17, 15) is 0 Å². The summed E-state index contributed by atoms with van der Waals surface area (Å²) in [6.45, 7) is 9.58. The fourth-order valence-corrected chi connectivity index (χ4v) is 0.402. The maximum Gasteiger partial charge on any atom is 0.0518 e. The Labute approximate surface area is 64.8 Å². The van der Waals surface area contributed by atoms with Crippen LogP contribution in [0, 0.1) is 0 Å². The SMILES string of the molecule is CC.CC(C)OCCCN. The molecule has 10 heavy (non-hydrogen) atoms. The minimum absolute atomic E-state index is 0.349. The van der Waals surface area contributed by atoms with Crippen molar-refractivity contribution in [1.82, 2.24) is 0 Å². The van der Waals surface area contributed by atoms with Crippen molar-refractivity contribution in [2.24, 2.45) is 5.73 Å². The zero-order chi connectivity index (χ0) is 8.41. The van der Waals surface area contributed by atoms with Gasteiger partial charge in [-0.15, -0.1) is 0 Å². The number of nitrogens with two attached hydrogens (primary N) is 1. The van der Waals surface area contributed by atoms with Gasteiger partial charge in [-0.2, -0.15) is 0 Å². The fraction of sp³-hybridized carbons (Fsp3) is 1.00. The normalized spacial score (nSPS) is 9.00. The van der Waals surface area contributed by atoms with Crippen LogP contribution in [0.4, 0.5) is 0 Å². The minimum Gasteiger partial charge on any atom is -0.379 e. The van der Waals surface area contributed by atoms with Crippen LogP contribution in [-0.2, 0) is 4.74 Å². The minimum atomic E-state index is 0.349. The summed E-state index contributed by atoms with van der Waals surface area (Å²) in [5.74, 6) is 0. The predicted octanol–water partition coefficient (Wildman–Crippen LogP) is 1.79. The van der Waals surface area contributed by atoms with E-state index in [1.165, 1.54) is 0 Å². The first-order valence-electron chi connectivity index (χ1n) is 4.09. The topological polar surface area (TPSA) is 35.2 Å². The van der Waals surface area contributed by atoms with Crippen LogP contribution in [0.25, 0.3) is 0 Å². The Kier molecular flexibility index (Phi) is 14.7. The van der Waals surface area contributed by atoms with Crippen molar-refractivity contribution >= 4 is 0 Å². The lowest BCUT2D eigenvalue weighted by atomic mass is 10.4. The first-order valence-corrected chi connectivity index (χ1v) is 4.09. The van der Waals surface area contributed by atoms with Crippen molar-refractivity contribution in [2.75, 3.05) is 13.2 Å². The Morgan fingerprint density at radius 3 is 2.10 bits per heavy atom. The van der Waals surface area contributed by atoms with E-state index >= 15 is 0 Å². The van der Waals surface area contributed by atoms with Gasteiger partial charge in [0.15, 0.2) is 0 Å². The second-order valence-electron chi connectivity index (χ2n) is 2.06. The van der Waals surface area contributed by atoms with Crippen molar-refractivity contribution in [2.45, 2.75) is 40.2 Å². The van der Waals surface area contributed by atoms with Gasteiger partial charge in [0, 0.05) is 6.61 Å². The van der Waals surface area contributed by atoms with Gasteiger partial charge >= 0.3 is 0 Å². The number of hydrogen-bond acceptors (Lipinski definition) is 2. The van der Waals surface area contributed by atoms with E-state index in [1.54, 1.807) is 0 Å². The Balaban J connectivity index is 0. The van der Waals surface area contributed by atoms with E-state index in [4.69, 9.17) is 10.5 Å². The second-order valence-corrected chi connectivity index (χ2v) is 2.06. The lowest BCUT2D eigenvalue weighted by Gasteiger charge is -2.04. The molecule has 0 amide bonds. The highest BCUT2D eigenvalue weighted by molar-refractivity contribution is 4.38. The van der Waals surface area contributed by atoms with Crippen LogP contribution >= 0.6 is 0 Å². The predicted molar refractivity (Wildman–Crippen MR) is 46.1 cm³/mol. The molecule has 2 heteroatoms. The third kappa shape index (κ3) is 15.7. The van der Waals surface area contributed by atoms with Crippen LogP contribution in [0.2, 0.25) is 0 Å². The molecule has 0 rings (SSSR count). The van der Waals surface area contributed by atoms with Crippen LogP contribution in [0.3, 0.4) is 0 Å². The summed E-state index contributed by atoms with van der Waals surface area (Å²) in [4.78, 5) is 0. The highest BCUT2D eigenvalue weighted by Crippen LogP contribution is 1.87. The molecule has 0 fully saturated rings. The Hall–Kier alpha value is -0.0800. The Morgan fingerprint density at radius 1 is 1.30 bits per heavy atom. The lowest BCUT2D eigenvalue weighted by molar-refractivity contribution is 0.0782. The summed E-state index contributed by atoms with van der Waals surface area (Å²) in [7, 11) is 0. The highest BCUT2D eigenvalue weighted by Gasteiger charge is 1.89. The Morgan fingerprint density at radius 2 is 1.80 bits per heavy atom. The number of rotatable bonds is 4.